The van der Waals surface area contributed by atoms with Crippen molar-refractivity contribution in [3.63, 3.8) is 0 Å². The minimum atomic E-state index is -0.720. The van der Waals surface area contributed by atoms with E-state index in [0.717, 1.165) is 19.3 Å². The maximum Gasteiger partial charge on any atom is 0.320 e. The molecule has 0 aromatic rings. The van der Waals surface area contributed by atoms with Crippen LogP contribution in [0.4, 0.5) is 0 Å². The number of carboxylic acid groups (broad SMARTS) is 1. The molecule has 0 aromatic heterocycles. The highest BCUT2D eigenvalue weighted by molar-refractivity contribution is 5.73. The van der Waals surface area contributed by atoms with Gasteiger partial charge < -0.3 is 10.4 Å². The van der Waals surface area contributed by atoms with E-state index in [0.29, 0.717) is 0 Å². The highest BCUT2D eigenvalue weighted by Crippen LogP contribution is 2.09. The van der Waals surface area contributed by atoms with Gasteiger partial charge in [0, 0.05) is 6.04 Å². The van der Waals surface area contributed by atoms with Gasteiger partial charge in [0.25, 0.3) is 0 Å². The molecule has 0 aliphatic rings. The van der Waals surface area contributed by atoms with E-state index in [4.69, 9.17) is 5.11 Å². The molecule has 0 saturated heterocycles. The van der Waals surface area contributed by atoms with Crippen LogP contribution >= 0.6 is 0 Å². The number of hydrogen-bond donors (Lipinski definition) is 2. The molecule has 1 unspecified atom stereocenters. The van der Waals surface area contributed by atoms with E-state index in [-0.39, 0.29) is 12.1 Å². The summed E-state index contributed by atoms with van der Waals surface area (Å²) in [6.07, 6.45) is 8.00. The van der Waals surface area contributed by atoms with Crippen LogP contribution in [0.3, 0.4) is 0 Å². The van der Waals surface area contributed by atoms with E-state index >= 15 is 0 Å². The smallest absolute Gasteiger partial charge is 0.320 e. The molecule has 0 aliphatic heterocycles. The van der Waals surface area contributed by atoms with E-state index in [1.54, 1.807) is 0 Å². The zero-order valence-corrected chi connectivity index (χ0v) is 11.0. The Balaban J connectivity index is 3.57. The van der Waals surface area contributed by atoms with E-state index in [1.807, 2.05) is 13.8 Å². The standard InChI is InChI=1S/C13H27NO2/c1-4-5-6-7-8-9-10-12(13(15)16)14-11(2)3/h11-12,14H,4-10H2,1-3H3,(H,15,16). The molecule has 96 valence electrons. The van der Waals surface area contributed by atoms with Crippen LogP contribution in [0, 0.1) is 0 Å². The fraction of sp³-hybridized carbons (Fsp3) is 0.923. The number of hydrogen-bond acceptors (Lipinski definition) is 2. The third-order valence-electron chi connectivity index (χ3n) is 2.68. The summed E-state index contributed by atoms with van der Waals surface area (Å²) in [5.74, 6) is -0.720. The highest BCUT2D eigenvalue weighted by atomic mass is 16.4. The fourth-order valence-corrected chi connectivity index (χ4v) is 1.81. The first kappa shape index (κ1) is 15.4. The van der Waals surface area contributed by atoms with Crippen LogP contribution in [0.5, 0.6) is 0 Å². The van der Waals surface area contributed by atoms with Crippen molar-refractivity contribution in [1.29, 1.82) is 0 Å². The zero-order valence-electron chi connectivity index (χ0n) is 11.0. The summed E-state index contributed by atoms with van der Waals surface area (Å²) in [6, 6.07) is -0.132. The SMILES string of the molecule is CCCCCCCCC(NC(C)C)C(=O)O. The Hall–Kier alpha value is -0.570. The summed E-state index contributed by atoms with van der Waals surface area (Å²) in [7, 11) is 0. The molecular formula is C13H27NO2. The van der Waals surface area contributed by atoms with Crippen molar-refractivity contribution in [2.24, 2.45) is 0 Å². The van der Waals surface area contributed by atoms with Crippen molar-refractivity contribution in [3.05, 3.63) is 0 Å². The fourth-order valence-electron chi connectivity index (χ4n) is 1.81. The normalized spacial score (nSPS) is 13.0. The second-order valence-corrected chi connectivity index (χ2v) is 4.77. The second-order valence-electron chi connectivity index (χ2n) is 4.77. The van der Waals surface area contributed by atoms with Gasteiger partial charge in [-0.25, -0.2) is 0 Å². The van der Waals surface area contributed by atoms with Crippen molar-refractivity contribution in [2.45, 2.75) is 77.8 Å². The summed E-state index contributed by atoms with van der Waals surface area (Å²) in [4.78, 5) is 10.9. The molecule has 0 aromatic carbocycles. The average molecular weight is 229 g/mol. The molecule has 16 heavy (non-hydrogen) atoms. The summed E-state index contributed by atoms with van der Waals surface area (Å²) in [5, 5.41) is 12.1. The Kier molecular flexibility index (Phi) is 9.30. The van der Waals surface area contributed by atoms with E-state index in [1.165, 1.54) is 25.7 Å². The van der Waals surface area contributed by atoms with Gasteiger partial charge in [-0.15, -0.1) is 0 Å². The summed E-state index contributed by atoms with van der Waals surface area (Å²) in [5.41, 5.74) is 0. The first-order valence-corrected chi connectivity index (χ1v) is 6.56. The molecule has 0 rings (SSSR count). The Morgan fingerprint density at radius 2 is 1.69 bits per heavy atom. The summed E-state index contributed by atoms with van der Waals surface area (Å²) < 4.78 is 0. The van der Waals surface area contributed by atoms with Gasteiger partial charge in [0.2, 0.25) is 0 Å². The number of nitrogens with one attached hydrogen (secondary N) is 1. The minimum absolute atomic E-state index is 0.237. The Bertz CT molecular complexity index is 181. The lowest BCUT2D eigenvalue weighted by molar-refractivity contribution is -0.139. The molecule has 3 heteroatoms. The van der Waals surface area contributed by atoms with Gasteiger partial charge in [0.05, 0.1) is 0 Å². The van der Waals surface area contributed by atoms with Gasteiger partial charge >= 0.3 is 5.97 Å². The van der Waals surface area contributed by atoms with E-state index in [2.05, 4.69) is 12.2 Å². The third kappa shape index (κ3) is 8.72. The Morgan fingerprint density at radius 3 is 2.19 bits per heavy atom. The molecule has 0 fully saturated rings. The van der Waals surface area contributed by atoms with E-state index < -0.39 is 5.97 Å². The summed E-state index contributed by atoms with van der Waals surface area (Å²) >= 11 is 0. The molecule has 0 saturated carbocycles. The maximum atomic E-state index is 10.9. The van der Waals surface area contributed by atoms with Crippen LogP contribution in [-0.2, 0) is 4.79 Å². The van der Waals surface area contributed by atoms with Crippen LogP contribution in [0.1, 0.15) is 65.7 Å². The van der Waals surface area contributed by atoms with Gasteiger partial charge in [-0.1, -0.05) is 59.3 Å². The van der Waals surface area contributed by atoms with Crippen molar-refractivity contribution >= 4 is 5.97 Å². The largest absolute Gasteiger partial charge is 0.480 e. The molecule has 3 nitrogen and oxygen atoms in total. The van der Waals surface area contributed by atoms with E-state index in [9.17, 15) is 4.79 Å². The number of aliphatic carboxylic acids is 1. The summed E-state index contributed by atoms with van der Waals surface area (Å²) in [6.45, 7) is 6.17. The van der Waals surface area contributed by atoms with Crippen molar-refractivity contribution < 1.29 is 9.90 Å². The van der Waals surface area contributed by atoms with Crippen LogP contribution in [0.2, 0.25) is 0 Å². The number of carbonyl (C=O) groups is 1. The monoisotopic (exact) mass is 229 g/mol. The molecule has 1 atom stereocenters. The number of carboxylic acids is 1. The van der Waals surface area contributed by atoms with Crippen LogP contribution in [0.25, 0.3) is 0 Å². The van der Waals surface area contributed by atoms with Crippen LogP contribution in [0.15, 0.2) is 0 Å². The van der Waals surface area contributed by atoms with Crippen LogP contribution in [-0.4, -0.2) is 23.2 Å². The molecular weight excluding hydrogens is 202 g/mol. The van der Waals surface area contributed by atoms with Gasteiger partial charge in [-0.3, -0.25) is 4.79 Å². The lowest BCUT2D eigenvalue weighted by atomic mass is 10.1. The molecule has 0 aliphatic carbocycles. The predicted molar refractivity (Wildman–Crippen MR) is 67.7 cm³/mol. The zero-order chi connectivity index (χ0) is 12.4. The number of unbranched alkanes of at least 4 members (excludes halogenated alkanes) is 5. The first-order valence-electron chi connectivity index (χ1n) is 6.56. The second kappa shape index (κ2) is 9.64. The van der Waals surface area contributed by atoms with Gasteiger partial charge in [0.1, 0.15) is 6.04 Å². The van der Waals surface area contributed by atoms with Crippen molar-refractivity contribution in [2.75, 3.05) is 0 Å². The maximum absolute atomic E-state index is 10.9. The van der Waals surface area contributed by atoms with Gasteiger partial charge in [-0.2, -0.15) is 0 Å². The van der Waals surface area contributed by atoms with Crippen molar-refractivity contribution in [1.82, 2.24) is 5.32 Å². The lowest BCUT2D eigenvalue weighted by Crippen LogP contribution is -2.40. The molecule has 0 heterocycles. The highest BCUT2D eigenvalue weighted by Gasteiger charge is 2.16. The molecule has 0 spiro atoms. The lowest BCUT2D eigenvalue weighted by Gasteiger charge is -2.16. The Labute approximate surface area is 99.6 Å². The van der Waals surface area contributed by atoms with Gasteiger partial charge in [-0.05, 0) is 6.42 Å². The predicted octanol–water partition coefficient (Wildman–Crippen LogP) is 3.19. The topological polar surface area (TPSA) is 49.3 Å². The molecule has 0 bridgehead atoms. The quantitative estimate of drug-likeness (QED) is 0.566. The molecule has 0 radical (unpaired) electrons. The third-order valence-corrected chi connectivity index (χ3v) is 2.68. The van der Waals surface area contributed by atoms with Crippen LogP contribution < -0.4 is 5.32 Å². The Morgan fingerprint density at radius 1 is 1.12 bits per heavy atom. The first-order chi connectivity index (χ1) is 7.57. The van der Waals surface area contributed by atoms with Crippen molar-refractivity contribution in [3.8, 4) is 0 Å². The minimum Gasteiger partial charge on any atom is -0.480 e. The molecule has 0 amide bonds. The average Bonchev–Trinajstić information content (AvgIpc) is 2.20. The molecule has 2 N–H and O–H groups in total. The van der Waals surface area contributed by atoms with Gasteiger partial charge in [0.15, 0.2) is 0 Å². The number of rotatable bonds is 10.